The summed E-state index contributed by atoms with van der Waals surface area (Å²) in [6.45, 7) is 11.0. The van der Waals surface area contributed by atoms with Crippen LogP contribution in [0.1, 0.15) is 41.5 Å². The molecule has 0 saturated carbocycles. The van der Waals surface area contributed by atoms with E-state index in [0.717, 1.165) is 0 Å². The zero-order chi connectivity index (χ0) is 24.0. The minimum atomic E-state index is -0.994. The number of esters is 1. The number of carbonyl (C=O) groups is 4. The summed E-state index contributed by atoms with van der Waals surface area (Å²) in [6.07, 6.45) is -0.500. The van der Waals surface area contributed by atoms with Gasteiger partial charge in [-0.1, -0.05) is 0 Å². The summed E-state index contributed by atoms with van der Waals surface area (Å²) in [5, 5.41) is 24.3. The number of carboxylic acid groups (broad SMARTS) is 2. The van der Waals surface area contributed by atoms with Crippen LogP contribution >= 0.6 is 0 Å². The van der Waals surface area contributed by atoms with Crippen LogP contribution in [0.3, 0.4) is 0 Å². The molecule has 0 saturated heterocycles. The zero-order valence-electron chi connectivity index (χ0n) is 18.5. The van der Waals surface area contributed by atoms with Crippen molar-refractivity contribution in [1.29, 1.82) is 0 Å². The molecule has 1 atom stereocenters. The molecule has 7 N–H and O–H groups in total. The van der Waals surface area contributed by atoms with Gasteiger partial charge in [0.05, 0.1) is 13.1 Å². The molecular weight excluding hydrogens is 400 g/mol. The number of nitrogens with two attached hydrogens (primary N) is 1. The lowest BCUT2D eigenvalue weighted by Crippen LogP contribution is -2.45. The predicted octanol–water partition coefficient (Wildman–Crippen LogP) is -0.485. The number of amides is 1. The van der Waals surface area contributed by atoms with Gasteiger partial charge in [-0.05, 0) is 41.5 Å². The van der Waals surface area contributed by atoms with Gasteiger partial charge >= 0.3 is 24.0 Å². The van der Waals surface area contributed by atoms with Crippen LogP contribution in [0.4, 0.5) is 4.79 Å². The minimum absolute atomic E-state index is 0.0845. The van der Waals surface area contributed by atoms with E-state index in [1.165, 1.54) is 0 Å². The quantitative estimate of drug-likeness (QED) is 0.191. The highest BCUT2D eigenvalue weighted by Crippen LogP contribution is 2.07. The number of hydrogen-bond acceptors (Lipinski definition) is 9. The van der Waals surface area contributed by atoms with Crippen LogP contribution in [0.25, 0.3) is 0 Å². The first-order valence-electron chi connectivity index (χ1n) is 9.34. The average Bonchev–Trinajstić information content (AvgIpc) is 2.51. The molecule has 0 bridgehead atoms. The maximum Gasteiger partial charge on any atom is 0.407 e. The Kier molecular flexibility index (Phi) is 14.4. The third kappa shape index (κ3) is 23.6. The third-order valence-electron chi connectivity index (χ3n) is 2.60. The smallest absolute Gasteiger partial charge is 0.407 e. The van der Waals surface area contributed by atoms with E-state index in [-0.39, 0.29) is 19.6 Å². The highest BCUT2D eigenvalue weighted by molar-refractivity contribution is 5.76. The Bertz CT molecular complexity index is 555. The molecule has 1 unspecified atom stereocenters. The van der Waals surface area contributed by atoms with Crippen molar-refractivity contribution in [3.63, 3.8) is 0 Å². The standard InChI is InChI=1S/2C9H18N2O4/c1-9(2,3)15-8(14)6(10)4-11-5-7(12)13;1-9(2,3)15-8(14)11-5-4-10-6-7(12)13/h6,11H,4-5,10H2,1-3H3,(H,12,13);10H,4-6H2,1-3H3,(H,11,14)(H,12,13). The van der Waals surface area contributed by atoms with Crippen molar-refractivity contribution < 1.29 is 38.9 Å². The second-order valence-corrected chi connectivity index (χ2v) is 8.16. The summed E-state index contributed by atoms with van der Waals surface area (Å²) in [6, 6.07) is -0.844. The largest absolute Gasteiger partial charge is 0.480 e. The average molecular weight is 437 g/mol. The van der Waals surface area contributed by atoms with Gasteiger partial charge in [-0.3, -0.25) is 14.4 Å². The number of rotatable bonds is 10. The fourth-order valence-electron chi connectivity index (χ4n) is 1.56. The summed E-state index contributed by atoms with van der Waals surface area (Å²) >= 11 is 0. The topological polar surface area (TPSA) is 189 Å². The molecule has 0 aliphatic rings. The first-order chi connectivity index (χ1) is 13.5. The summed E-state index contributed by atoms with van der Waals surface area (Å²) in [5.41, 5.74) is 4.38. The van der Waals surface area contributed by atoms with Gasteiger partial charge in [0.15, 0.2) is 0 Å². The van der Waals surface area contributed by atoms with Crippen molar-refractivity contribution in [2.45, 2.75) is 58.8 Å². The van der Waals surface area contributed by atoms with E-state index >= 15 is 0 Å². The zero-order valence-corrected chi connectivity index (χ0v) is 18.5. The highest BCUT2D eigenvalue weighted by Gasteiger charge is 2.21. The Hall–Kier alpha value is -2.44. The Balaban J connectivity index is 0. The number of ether oxygens (including phenoxy) is 2. The molecule has 0 heterocycles. The predicted molar refractivity (Wildman–Crippen MR) is 109 cm³/mol. The number of aliphatic carboxylic acids is 2. The third-order valence-corrected chi connectivity index (χ3v) is 2.60. The molecule has 0 aromatic carbocycles. The first kappa shape index (κ1) is 29.8. The number of alkyl carbamates (subject to hydrolysis) is 1. The van der Waals surface area contributed by atoms with E-state index < -0.39 is 41.2 Å². The van der Waals surface area contributed by atoms with Crippen LogP contribution in [0, 0.1) is 0 Å². The van der Waals surface area contributed by atoms with Gasteiger partial charge in [0.25, 0.3) is 0 Å². The van der Waals surface area contributed by atoms with Gasteiger partial charge in [0.2, 0.25) is 0 Å². The van der Waals surface area contributed by atoms with E-state index in [9.17, 15) is 19.2 Å². The van der Waals surface area contributed by atoms with Crippen LogP contribution in [0.15, 0.2) is 0 Å². The molecule has 0 aromatic heterocycles. The maximum atomic E-state index is 11.3. The van der Waals surface area contributed by atoms with Gasteiger partial charge in [-0.2, -0.15) is 0 Å². The SMILES string of the molecule is CC(C)(C)OC(=O)C(N)CNCC(=O)O.CC(C)(C)OC(=O)NCCNCC(=O)O. The van der Waals surface area contributed by atoms with E-state index in [2.05, 4.69) is 16.0 Å². The lowest BCUT2D eigenvalue weighted by atomic mass is 10.2. The molecule has 30 heavy (non-hydrogen) atoms. The summed E-state index contributed by atoms with van der Waals surface area (Å²) < 4.78 is 9.98. The fraction of sp³-hybridized carbons (Fsp3) is 0.778. The molecule has 0 aliphatic carbocycles. The Morgan fingerprint density at radius 3 is 1.73 bits per heavy atom. The van der Waals surface area contributed by atoms with Crippen LogP contribution in [0.2, 0.25) is 0 Å². The Labute approximate surface area is 176 Å². The number of carboxylic acids is 2. The van der Waals surface area contributed by atoms with Crippen molar-refractivity contribution in [3.8, 4) is 0 Å². The lowest BCUT2D eigenvalue weighted by Gasteiger charge is -2.22. The van der Waals surface area contributed by atoms with E-state index in [1.54, 1.807) is 41.5 Å². The summed E-state index contributed by atoms with van der Waals surface area (Å²) in [5.74, 6) is -2.46. The number of carbonyl (C=O) groups excluding carboxylic acids is 2. The van der Waals surface area contributed by atoms with E-state index in [4.69, 9.17) is 25.4 Å². The van der Waals surface area contributed by atoms with Gasteiger partial charge < -0.3 is 41.4 Å². The molecule has 176 valence electrons. The molecule has 0 rings (SSSR count). The fourth-order valence-corrected chi connectivity index (χ4v) is 1.56. The van der Waals surface area contributed by atoms with Gasteiger partial charge in [0, 0.05) is 19.6 Å². The molecule has 0 fully saturated rings. The van der Waals surface area contributed by atoms with Crippen molar-refractivity contribution >= 4 is 24.0 Å². The molecule has 1 amide bonds. The molecule has 0 radical (unpaired) electrons. The normalized spacial score (nSPS) is 12.1. The number of nitrogens with one attached hydrogen (secondary N) is 3. The van der Waals surface area contributed by atoms with Crippen LogP contribution in [0.5, 0.6) is 0 Å². The van der Waals surface area contributed by atoms with Crippen molar-refractivity contribution in [1.82, 2.24) is 16.0 Å². The van der Waals surface area contributed by atoms with Crippen LogP contribution < -0.4 is 21.7 Å². The molecule has 0 aliphatic heterocycles. The van der Waals surface area contributed by atoms with Gasteiger partial charge in [-0.15, -0.1) is 0 Å². The minimum Gasteiger partial charge on any atom is -0.480 e. The Morgan fingerprint density at radius 1 is 0.833 bits per heavy atom. The van der Waals surface area contributed by atoms with Crippen LogP contribution in [-0.2, 0) is 23.9 Å². The van der Waals surface area contributed by atoms with E-state index in [1.807, 2.05) is 0 Å². The highest BCUT2D eigenvalue weighted by atomic mass is 16.6. The Morgan fingerprint density at radius 2 is 1.30 bits per heavy atom. The lowest BCUT2D eigenvalue weighted by molar-refractivity contribution is -0.156. The molecule has 12 heteroatoms. The first-order valence-corrected chi connectivity index (χ1v) is 9.34. The molecular formula is C18H36N4O8. The van der Waals surface area contributed by atoms with Crippen LogP contribution in [-0.4, -0.2) is 84.2 Å². The van der Waals surface area contributed by atoms with Crippen molar-refractivity contribution in [2.24, 2.45) is 5.73 Å². The molecule has 0 aromatic rings. The van der Waals surface area contributed by atoms with Crippen molar-refractivity contribution in [2.75, 3.05) is 32.7 Å². The molecule has 12 nitrogen and oxygen atoms in total. The van der Waals surface area contributed by atoms with E-state index in [0.29, 0.717) is 13.1 Å². The van der Waals surface area contributed by atoms with Gasteiger partial charge in [0.1, 0.15) is 17.2 Å². The number of hydrogen-bond donors (Lipinski definition) is 6. The molecule has 0 spiro atoms. The van der Waals surface area contributed by atoms with Gasteiger partial charge in [-0.25, -0.2) is 4.79 Å². The van der Waals surface area contributed by atoms with Crippen molar-refractivity contribution in [3.05, 3.63) is 0 Å². The second-order valence-electron chi connectivity index (χ2n) is 8.16. The second kappa shape index (κ2) is 14.5. The summed E-state index contributed by atoms with van der Waals surface area (Å²) in [4.78, 5) is 42.6. The maximum absolute atomic E-state index is 11.3. The summed E-state index contributed by atoms with van der Waals surface area (Å²) in [7, 11) is 0. The monoisotopic (exact) mass is 436 g/mol.